The summed E-state index contributed by atoms with van der Waals surface area (Å²) in [4.78, 5) is 32.8. The highest BCUT2D eigenvalue weighted by molar-refractivity contribution is 6.23. The second kappa shape index (κ2) is 5.04. The number of carbonyl (C=O) groups excluding carboxylic acids is 2. The minimum absolute atomic E-state index is 0.0733. The molecule has 6 heteroatoms. The molecular weight excluding hydrogens is 210 g/mol. The zero-order chi connectivity index (χ0) is 12.1. The maximum absolute atomic E-state index is 11.6. The predicted molar refractivity (Wildman–Crippen MR) is 58.2 cm³/mol. The van der Waals surface area contributed by atoms with Crippen molar-refractivity contribution in [3.63, 3.8) is 0 Å². The van der Waals surface area contributed by atoms with Crippen molar-refractivity contribution >= 4 is 17.9 Å². The lowest BCUT2D eigenvalue weighted by molar-refractivity contribution is -0.139. The average Bonchev–Trinajstić information content (AvgIpc) is 2.51. The summed E-state index contributed by atoms with van der Waals surface area (Å²) in [6.07, 6.45) is 0.0733. The maximum Gasteiger partial charge on any atom is 0.319 e. The van der Waals surface area contributed by atoms with Crippen molar-refractivity contribution in [3.8, 4) is 0 Å². The Balaban J connectivity index is 3.11. The van der Waals surface area contributed by atoms with Crippen LogP contribution in [0.3, 0.4) is 0 Å². The van der Waals surface area contributed by atoms with Gasteiger partial charge in [-0.2, -0.15) is 5.12 Å². The SMILES string of the molecule is CN(c1cccccc1=O)N(N)C(=O)C=O. The van der Waals surface area contributed by atoms with E-state index in [1.807, 2.05) is 0 Å². The molecule has 0 spiro atoms. The van der Waals surface area contributed by atoms with Crippen LogP contribution in [-0.4, -0.2) is 24.4 Å². The molecule has 1 aromatic rings. The maximum atomic E-state index is 11.6. The fourth-order valence-corrected chi connectivity index (χ4v) is 1.11. The van der Waals surface area contributed by atoms with Crippen LogP contribution in [0.15, 0.2) is 35.1 Å². The highest BCUT2D eigenvalue weighted by atomic mass is 16.2. The van der Waals surface area contributed by atoms with Crippen molar-refractivity contribution in [1.29, 1.82) is 0 Å². The molecular formula is C10H11N3O3. The molecule has 6 nitrogen and oxygen atoms in total. The Morgan fingerprint density at radius 2 is 1.94 bits per heavy atom. The van der Waals surface area contributed by atoms with E-state index in [2.05, 4.69) is 0 Å². The zero-order valence-electron chi connectivity index (χ0n) is 8.66. The quantitative estimate of drug-likeness (QED) is 0.240. The first-order chi connectivity index (χ1) is 7.57. The monoisotopic (exact) mass is 221 g/mol. The second-order valence-corrected chi connectivity index (χ2v) is 2.98. The minimum atomic E-state index is -0.937. The zero-order valence-corrected chi connectivity index (χ0v) is 8.66. The summed E-state index contributed by atoms with van der Waals surface area (Å²) in [5.74, 6) is 4.42. The number of hydrogen-bond donors (Lipinski definition) is 1. The number of rotatable bonds is 3. The number of nitrogens with two attached hydrogens (primary N) is 1. The number of hydrazine groups is 2. The van der Waals surface area contributed by atoms with Crippen LogP contribution < -0.4 is 16.3 Å². The molecule has 84 valence electrons. The summed E-state index contributed by atoms with van der Waals surface area (Å²) in [5, 5.41) is 1.68. The van der Waals surface area contributed by atoms with E-state index < -0.39 is 5.91 Å². The molecule has 1 aromatic carbocycles. The van der Waals surface area contributed by atoms with Crippen LogP contribution in [0.2, 0.25) is 0 Å². The topological polar surface area (TPSA) is 83.7 Å². The molecule has 0 radical (unpaired) electrons. The van der Waals surface area contributed by atoms with E-state index in [-0.39, 0.29) is 17.4 Å². The molecule has 0 heterocycles. The van der Waals surface area contributed by atoms with E-state index in [9.17, 15) is 14.4 Å². The molecule has 16 heavy (non-hydrogen) atoms. The normalized spacial score (nSPS) is 9.38. The van der Waals surface area contributed by atoms with Crippen LogP contribution >= 0.6 is 0 Å². The van der Waals surface area contributed by atoms with E-state index in [1.165, 1.54) is 19.2 Å². The highest BCUT2D eigenvalue weighted by Gasteiger charge is 2.15. The van der Waals surface area contributed by atoms with Crippen molar-refractivity contribution in [3.05, 3.63) is 40.6 Å². The molecule has 0 saturated heterocycles. The van der Waals surface area contributed by atoms with Gasteiger partial charge in [-0.15, -0.1) is 0 Å². The van der Waals surface area contributed by atoms with Gasteiger partial charge in [0.05, 0.1) is 0 Å². The number of aldehydes is 1. The van der Waals surface area contributed by atoms with E-state index in [0.29, 0.717) is 5.12 Å². The highest BCUT2D eigenvalue weighted by Crippen LogP contribution is 2.04. The van der Waals surface area contributed by atoms with E-state index in [4.69, 9.17) is 5.84 Å². The lowest BCUT2D eigenvalue weighted by Crippen LogP contribution is -2.51. The largest absolute Gasteiger partial charge is 0.319 e. The van der Waals surface area contributed by atoms with Gasteiger partial charge >= 0.3 is 5.91 Å². The van der Waals surface area contributed by atoms with E-state index in [1.54, 1.807) is 18.2 Å². The minimum Gasteiger partial charge on any atom is -0.292 e. The number of hydrogen-bond acceptors (Lipinski definition) is 5. The Kier molecular flexibility index (Phi) is 3.73. The molecule has 2 N–H and O–H groups in total. The predicted octanol–water partition coefficient (Wildman–Crippen LogP) is -0.701. The Bertz CT molecular complexity index is 461. The summed E-state index contributed by atoms with van der Waals surface area (Å²) in [6.45, 7) is 0. The smallest absolute Gasteiger partial charge is 0.292 e. The van der Waals surface area contributed by atoms with Gasteiger partial charge < -0.3 is 0 Å². The van der Waals surface area contributed by atoms with Gasteiger partial charge in [-0.1, -0.05) is 18.2 Å². The Morgan fingerprint density at radius 3 is 2.56 bits per heavy atom. The third kappa shape index (κ3) is 2.43. The van der Waals surface area contributed by atoms with Gasteiger partial charge in [0.25, 0.3) is 0 Å². The molecule has 0 aliphatic carbocycles. The first-order valence-electron chi connectivity index (χ1n) is 4.45. The molecule has 0 aliphatic heterocycles. The summed E-state index contributed by atoms with van der Waals surface area (Å²) in [7, 11) is 1.41. The Morgan fingerprint density at radius 1 is 1.31 bits per heavy atom. The fraction of sp³-hybridized carbons (Fsp3) is 0.100. The molecule has 0 unspecified atom stereocenters. The molecule has 1 amide bonds. The first-order valence-corrected chi connectivity index (χ1v) is 4.45. The number of anilines is 1. The van der Waals surface area contributed by atoms with Gasteiger partial charge in [-0.05, 0) is 12.1 Å². The average molecular weight is 221 g/mol. The molecule has 0 aliphatic rings. The van der Waals surface area contributed by atoms with Gasteiger partial charge in [0.15, 0.2) is 0 Å². The molecule has 0 bridgehead atoms. The summed E-state index contributed by atoms with van der Waals surface area (Å²) >= 11 is 0. The lowest BCUT2D eigenvalue weighted by Gasteiger charge is -2.26. The van der Waals surface area contributed by atoms with Crippen molar-refractivity contribution in [2.75, 3.05) is 12.1 Å². The van der Waals surface area contributed by atoms with Crippen molar-refractivity contribution < 1.29 is 9.59 Å². The van der Waals surface area contributed by atoms with Crippen LogP contribution in [0.4, 0.5) is 5.69 Å². The lowest BCUT2D eigenvalue weighted by atomic mass is 10.4. The van der Waals surface area contributed by atoms with E-state index in [0.717, 1.165) is 5.01 Å². The molecule has 0 saturated carbocycles. The Hall–Kier alpha value is -2.21. The number of nitrogens with zero attached hydrogens (tertiary/aromatic N) is 2. The summed E-state index contributed by atoms with van der Waals surface area (Å²) in [5.41, 5.74) is -0.107. The molecule has 1 rings (SSSR count). The van der Waals surface area contributed by atoms with Crippen molar-refractivity contribution in [2.24, 2.45) is 5.84 Å². The third-order valence-corrected chi connectivity index (χ3v) is 1.97. The van der Waals surface area contributed by atoms with E-state index >= 15 is 0 Å². The van der Waals surface area contributed by atoms with Gasteiger partial charge in [-0.25, -0.2) is 5.84 Å². The fourth-order valence-electron chi connectivity index (χ4n) is 1.11. The standard InChI is InChI=1S/C10H11N3O3/c1-12(13(11)10(16)7-14)8-5-3-2-4-6-9(8)15/h2-7H,11H2,1H3. The van der Waals surface area contributed by atoms with Gasteiger partial charge in [-0.3, -0.25) is 19.4 Å². The van der Waals surface area contributed by atoms with Crippen LogP contribution in [0.5, 0.6) is 0 Å². The second-order valence-electron chi connectivity index (χ2n) is 2.98. The van der Waals surface area contributed by atoms with Crippen LogP contribution in [-0.2, 0) is 9.59 Å². The molecule has 0 fully saturated rings. The number of carbonyl (C=O) groups is 2. The van der Waals surface area contributed by atoms with Crippen LogP contribution in [0.25, 0.3) is 0 Å². The van der Waals surface area contributed by atoms with Gasteiger partial charge in [0.2, 0.25) is 11.7 Å². The van der Waals surface area contributed by atoms with Crippen molar-refractivity contribution in [1.82, 2.24) is 5.12 Å². The van der Waals surface area contributed by atoms with Crippen molar-refractivity contribution in [2.45, 2.75) is 0 Å². The van der Waals surface area contributed by atoms with Gasteiger partial charge in [0.1, 0.15) is 5.69 Å². The Labute approximate surface area is 91.8 Å². The summed E-state index contributed by atoms with van der Waals surface area (Å²) in [6, 6.07) is 7.71. The summed E-state index contributed by atoms with van der Waals surface area (Å²) < 4.78 is 0. The molecule has 0 aromatic heterocycles. The van der Waals surface area contributed by atoms with Crippen LogP contribution in [0.1, 0.15) is 0 Å². The first kappa shape index (κ1) is 11.9. The molecule has 0 atom stereocenters. The number of amides is 1. The van der Waals surface area contributed by atoms with Crippen LogP contribution in [0, 0.1) is 0 Å². The van der Waals surface area contributed by atoms with Gasteiger partial charge in [0, 0.05) is 7.05 Å². The third-order valence-electron chi connectivity index (χ3n) is 1.97.